The SMILES string of the molecule is CCC(NS(=O)(=O)c1ccc(OC(F)(F)F)cc1)c1ncc(-c2ccccc2)[nH]1. The summed E-state index contributed by atoms with van der Waals surface area (Å²) in [5.41, 5.74) is 1.65. The highest BCUT2D eigenvalue weighted by molar-refractivity contribution is 7.89. The molecule has 2 aromatic carbocycles. The van der Waals surface area contributed by atoms with Crippen molar-refractivity contribution in [3.8, 4) is 17.0 Å². The largest absolute Gasteiger partial charge is 0.573 e. The lowest BCUT2D eigenvalue weighted by atomic mass is 10.2. The first-order chi connectivity index (χ1) is 13.7. The zero-order chi connectivity index (χ0) is 21.1. The summed E-state index contributed by atoms with van der Waals surface area (Å²) in [6.45, 7) is 1.79. The monoisotopic (exact) mass is 425 g/mol. The van der Waals surface area contributed by atoms with Gasteiger partial charge in [-0.25, -0.2) is 18.1 Å². The molecule has 3 aromatic rings. The molecular formula is C19H18F3N3O3S. The Balaban J connectivity index is 1.77. The number of ether oxygens (including phenoxy) is 1. The second-order valence-electron chi connectivity index (χ2n) is 6.15. The van der Waals surface area contributed by atoms with Gasteiger partial charge in [-0.05, 0) is 36.2 Å². The zero-order valence-electron chi connectivity index (χ0n) is 15.3. The predicted molar refractivity (Wildman–Crippen MR) is 101 cm³/mol. The molecule has 1 aromatic heterocycles. The van der Waals surface area contributed by atoms with Crippen molar-refractivity contribution in [2.75, 3.05) is 0 Å². The maximum atomic E-state index is 12.6. The summed E-state index contributed by atoms with van der Waals surface area (Å²) in [6.07, 6.45) is -2.82. The van der Waals surface area contributed by atoms with Crippen LogP contribution in [0.15, 0.2) is 65.7 Å². The number of alkyl halides is 3. The van der Waals surface area contributed by atoms with Crippen LogP contribution >= 0.6 is 0 Å². The minimum absolute atomic E-state index is 0.180. The minimum Gasteiger partial charge on any atom is -0.406 e. The van der Waals surface area contributed by atoms with Gasteiger partial charge >= 0.3 is 6.36 Å². The van der Waals surface area contributed by atoms with E-state index < -0.39 is 28.2 Å². The minimum atomic E-state index is -4.85. The molecule has 2 N–H and O–H groups in total. The molecule has 0 aliphatic heterocycles. The summed E-state index contributed by atoms with van der Waals surface area (Å²) in [5, 5.41) is 0. The second kappa shape index (κ2) is 8.26. The van der Waals surface area contributed by atoms with E-state index in [1.165, 1.54) is 0 Å². The van der Waals surface area contributed by atoms with Crippen LogP contribution in [0, 0.1) is 0 Å². The second-order valence-corrected chi connectivity index (χ2v) is 7.86. The van der Waals surface area contributed by atoms with Gasteiger partial charge in [0, 0.05) is 0 Å². The number of nitrogens with zero attached hydrogens (tertiary/aromatic N) is 1. The fourth-order valence-corrected chi connectivity index (χ4v) is 3.97. The highest BCUT2D eigenvalue weighted by atomic mass is 32.2. The third-order valence-corrected chi connectivity index (χ3v) is 5.57. The number of hydrogen-bond acceptors (Lipinski definition) is 4. The van der Waals surface area contributed by atoms with E-state index >= 15 is 0 Å². The van der Waals surface area contributed by atoms with E-state index in [-0.39, 0.29) is 4.90 Å². The number of nitrogens with one attached hydrogen (secondary N) is 2. The Morgan fingerprint density at radius 1 is 1.10 bits per heavy atom. The fourth-order valence-electron chi connectivity index (χ4n) is 2.69. The van der Waals surface area contributed by atoms with E-state index in [2.05, 4.69) is 19.4 Å². The van der Waals surface area contributed by atoms with Crippen molar-refractivity contribution in [2.24, 2.45) is 0 Å². The van der Waals surface area contributed by atoms with E-state index in [0.29, 0.717) is 12.2 Å². The zero-order valence-corrected chi connectivity index (χ0v) is 16.1. The molecule has 0 radical (unpaired) electrons. The van der Waals surface area contributed by atoms with Gasteiger partial charge in [-0.15, -0.1) is 13.2 Å². The van der Waals surface area contributed by atoms with Crippen molar-refractivity contribution in [1.29, 1.82) is 0 Å². The van der Waals surface area contributed by atoms with Gasteiger partial charge in [-0.3, -0.25) is 0 Å². The quantitative estimate of drug-likeness (QED) is 0.588. The number of halogens is 3. The molecule has 1 heterocycles. The molecule has 0 spiro atoms. The van der Waals surface area contributed by atoms with Crippen molar-refractivity contribution >= 4 is 10.0 Å². The molecule has 0 aliphatic rings. The fraction of sp³-hybridized carbons (Fsp3) is 0.211. The van der Waals surface area contributed by atoms with Gasteiger partial charge in [-0.2, -0.15) is 0 Å². The van der Waals surface area contributed by atoms with Gasteiger partial charge in [0.05, 0.1) is 22.8 Å². The van der Waals surface area contributed by atoms with Gasteiger partial charge < -0.3 is 9.72 Å². The first kappa shape index (κ1) is 20.9. The van der Waals surface area contributed by atoms with Gasteiger partial charge in [-0.1, -0.05) is 37.3 Å². The average molecular weight is 425 g/mol. The molecule has 0 aliphatic carbocycles. The predicted octanol–water partition coefficient (Wildman–Crippen LogP) is 4.40. The molecule has 29 heavy (non-hydrogen) atoms. The standard InChI is InChI=1S/C19H18F3N3O3S/c1-2-16(18-23-12-17(24-18)13-6-4-3-5-7-13)25-29(26,27)15-10-8-14(9-11-15)28-19(20,21)22/h3-12,16,25H,2H2,1H3,(H,23,24). The molecule has 3 rings (SSSR count). The van der Waals surface area contributed by atoms with Crippen LogP contribution in [0.5, 0.6) is 5.75 Å². The van der Waals surface area contributed by atoms with Crippen molar-refractivity contribution in [3.05, 3.63) is 66.6 Å². The van der Waals surface area contributed by atoms with Gasteiger partial charge in [0.2, 0.25) is 10.0 Å². The average Bonchev–Trinajstić information content (AvgIpc) is 3.16. The van der Waals surface area contributed by atoms with Crippen LogP contribution in [0.25, 0.3) is 11.3 Å². The van der Waals surface area contributed by atoms with E-state index in [4.69, 9.17) is 0 Å². The summed E-state index contributed by atoms with van der Waals surface area (Å²) in [7, 11) is -3.98. The third kappa shape index (κ3) is 5.36. The Morgan fingerprint density at radius 3 is 2.34 bits per heavy atom. The molecule has 0 amide bonds. The van der Waals surface area contributed by atoms with E-state index in [9.17, 15) is 21.6 Å². The van der Waals surface area contributed by atoms with Crippen LogP contribution in [-0.4, -0.2) is 24.7 Å². The molecular weight excluding hydrogens is 407 g/mol. The van der Waals surface area contributed by atoms with Crippen molar-refractivity contribution < 1.29 is 26.3 Å². The topological polar surface area (TPSA) is 84.1 Å². The Hall–Kier alpha value is -2.85. The number of imidazole rings is 1. The lowest BCUT2D eigenvalue weighted by Crippen LogP contribution is -2.29. The first-order valence-electron chi connectivity index (χ1n) is 8.66. The van der Waals surface area contributed by atoms with Gasteiger partial charge in [0.1, 0.15) is 11.6 Å². The molecule has 10 heteroatoms. The van der Waals surface area contributed by atoms with Crippen molar-refractivity contribution in [1.82, 2.24) is 14.7 Å². The normalized spacial score (nSPS) is 13.2. The van der Waals surface area contributed by atoms with Crippen LogP contribution in [0.1, 0.15) is 25.2 Å². The van der Waals surface area contributed by atoms with E-state index in [1.807, 2.05) is 30.3 Å². The van der Waals surface area contributed by atoms with Crippen LogP contribution < -0.4 is 9.46 Å². The lowest BCUT2D eigenvalue weighted by molar-refractivity contribution is -0.274. The van der Waals surface area contributed by atoms with Gasteiger partial charge in [0.25, 0.3) is 0 Å². The molecule has 154 valence electrons. The molecule has 0 saturated carbocycles. The number of rotatable bonds is 7. The molecule has 0 bridgehead atoms. The Morgan fingerprint density at radius 2 is 1.76 bits per heavy atom. The van der Waals surface area contributed by atoms with Crippen LogP contribution in [0.3, 0.4) is 0 Å². The maximum absolute atomic E-state index is 12.6. The van der Waals surface area contributed by atoms with Crippen molar-refractivity contribution in [3.63, 3.8) is 0 Å². The number of H-pyrrole nitrogens is 1. The van der Waals surface area contributed by atoms with E-state index in [0.717, 1.165) is 35.5 Å². The number of sulfonamides is 1. The molecule has 0 fully saturated rings. The highest BCUT2D eigenvalue weighted by Crippen LogP contribution is 2.25. The summed E-state index contributed by atoms with van der Waals surface area (Å²) >= 11 is 0. The van der Waals surface area contributed by atoms with Crippen LogP contribution in [-0.2, 0) is 10.0 Å². The lowest BCUT2D eigenvalue weighted by Gasteiger charge is -2.15. The molecule has 1 unspecified atom stereocenters. The van der Waals surface area contributed by atoms with Crippen molar-refractivity contribution in [2.45, 2.75) is 30.6 Å². The maximum Gasteiger partial charge on any atom is 0.573 e. The smallest absolute Gasteiger partial charge is 0.406 e. The Labute approximate surface area is 165 Å². The number of aromatic amines is 1. The number of hydrogen-bond donors (Lipinski definition) is 2. The Kier molecular flexibility index (Phi) is 5.94. The summed E-state index contributed by atoms with van der Waals surface area (Å²) in [4.78, 5) is 7.19. The molecule has 1 atom stereocenters. The van der Waals surface area contributed by atoms with Gasteiger partial charge in [0.15, 0.2) is 0 Å². The third-order valence-electron chi connectivity index (χ3n) is 4.08. The van der Waals surface area contributed by atoms with Crippen LogP contribution in [0.2, 0.25) is 0 Å². The molecule has 0 saturated heterocycles. The summed E-state index contributed by atoms with van der Waals surface area (Å²) in [5.74, 6) is -0.0611. The molecule has 6 nitrogen and oxygen atoms in total. The number of benzene rings is 2. The van der Waals surface area contributed by atoms with Crippen LogP contribution in [0.4, 0.5) is 13.2 Å². The Bertz CT molecular complexity index is 1050. The summed E-state index contributed by atoms with van der Waals surface area (Å²) in [6, 6.07) is 12.8. The highest BCUT2D eigenvalue weighted by Gasteiger charge is 2.31. The number of aromatic nitrogens is 2. The van der Waals surface area contributed by atoms with E-state index in [1.54, 1.807) is 13.1 Å². The first-order valence-corrected chi connectivity index (χ1v) is 10.1. The summed E-state index contributed by atoms with van der Waals surface area (Å²) < 4.78 is 68.3.